The van der Waals surface area contributed by atoms with Gasteiger partial charge < -0.3 is 5.11 Å². The van der Waals surface area contributed by atoms with E-state index in [2.05, 4.69) is 27.7 Å². The number of rotatable bonds is 3. The van der Waals surface area contributed by atoms with Gasteiger partial charge in [-0.15, -0.1) is 0 Å². The molecule has 1 saturated carbocycles. The molecular formula is C15H31OP. The molecular weight excluding hydrogens is 227 g/mol. The highest BCUT2D eigenvalue weighted by atomic mass is 31.1. The summed E-state index contributed by atoms with van der Waals surface area (Å²) in [5, 5.41) is 10.9. The van der Waals surface area contributed by atoms with Crippen molar-refractivity contribution < 1.29 is 5.11 Å². The number of hydrogen-bond donors (Lipinski definition) is 1. The van der Waals surface area contributed by atoms with Crippen molar-refractivity contribution in [1.82, 2.24) is 0 Å². The van der Waals surface area contributed by atoms with Gasteiger partial charge in [0.2, 0.25) is 0 Å². The van der Waals surface area contributed by atoms with E-state index in [0.717, 1.165) is 0 Å². The van der Waals surface area contributed by atoms with E-state index in [1.54, 1.807) is 0 Å². The van der Waals surface area contributed by atoms with Crippen LogP contribution >= 0.6 is 7.92 Å². The Bertz CT molecular complexity index is 268. The molecule has 4 unspecified atom stereocenters. The molecule has 2 fully saturated rings. The minimum Gasteiger partial charge on any atom is -0.396 e. The summed E-state index contributed by atoms with van der Waals surface area (Å²) in [6, 6.07) is 0. The molecule has 2 heteroatoms. The Morgan fingerprint density at radius 3 is 2.12 bits per heavy atom. The normalized spacial score (nSPS) is 47.8. The Labute approximate surface area is 109 Å². The summed E-state index contributed by atoms with van der Waals surface area (Å²) in [5.41, 5.74) is 0.274. The minimum atomic E-state index is 0.122. The zero-order valence-corrected chi connectivity index (χ0v) is 13.5. The van der Waals surface area contributed by atoms with Gasteiger partial charge in [0.1, 0.15) is 0 Å². The first-order valence-corrected chi connectivity index (χ1v) is 8.93. The van der Waals surface area contributed by atoms with Crippen molar-refractivity contribution in [2.24, 2.45) is 5.41 Å². The van der Waals surface area contributed by atoms with Gasteiger partial charge >= 0.3 is 0 Å². The highest BCUT2D eigenvalue weighted by Gasteiger charge is 2.74. The SMILES string of the molecule is CC.CCP1C(C)(CC)C2(CO)CCCC12C. The summed E-state index contributed by atoms with van der Waals surface area (Å²) in [4.78, 5) is 0. The first-order valence-electron chi connectivity index (χ1n) is 7.41. The number of aliphatic hydroxyl groups excluding tert-OH is 1. The van der Waals surface area contributed by atoms with Crippen LogP contribution in [0.5, 0.6) is 0 Å². The van der Waals surface area contributed by atoms with Crippen LogP contribution in [0.25, 0.3) is 0 Å². The summed E-state index contributed by atoms with van der Waals surface area (Å²) < 4.78 is 0. The molecule has 0 aromatic rings. The molecule has 2 rings (SSSR count). The van der Waals surface area contributed by atoms with Gasteiger partial charge in [-0.05, 0) is 35.7 Å². The van der Waals surface area contributed by atoms with Gasteiger partial charge in [0, 0.05) is 5.41 Å². The molecule has 0 bridgehead atoms. The van der Waals surface area contributed by atoms with Crippen LogP contribution in [0.15, 0.2) is 0 Å². The molecule has 1 heterocycles. The smallest absolute Gasteiger partial charge is 0.0504 e. The zero-order valence-electron chi connectivity index (χ0n) is 12.6. The fraction of sp³-hybridized carbons (Fsp3) is 1.00. The van der Waals surface area contributed by atoms with Crippen LogP contribution in [0.3, 0.4) is 0 Å². The third-order valence-electron chi connectivity index (χ3n) is 5.80. The Balaban J connectivity index is 0.000000686. The first-order chi connectivity index (χ1) is 8.02. The fourth-order valence-electron chi connectivity index (χ4n) is 4.88. The average molecular weight is 258 g/mol. The second-order valence-electron chi connectivity index (χ2n) is 5.74. The lowest BCUT2D eigenvalue weighted by molar-refractivity contribution is 0.0326. The molecule has 0 spiro atoms. The maximum Gasteiger partial charge on any atom is 0.0504 e. The molecule has 17 heavy (non-hydrogen) atoms. The van der Waals surface area contributed by atoms with E-state index in [9.17, 15) is 5.11 Å². The lowest BCUT2D eigenvalue weighted by atomic mass is 9.66. The lowest BCUT2D eigenvalue weighted by Crippen LogP contribution is -2.68. The van der Waals surface area contributed by atoms with Crippen LogP contribution < -0.4 is 0 Å². The summed E-state index contributed by atoms with van der Waals surface area (Å²) in [6.07, 6.45) is 6.57. The second kappa shape index (κ2) is 5.17. The van der Waals surface area contributed by atoms with Gasteiger partial charge in [-0.2, -0.15) is 0 Å². The Morgan fingerprint density at radius 1 is 1.12 bits per heavy atom. The minimum absolute atomic E-state index is 0.122. The standard InChI is InChI=1S/C13H25OP.C2H6/c1-5-11(3)13(10-14)9-7-8-12(13,4)15(11)6-2;1-2/h14H,5-10H2,1-4H3;1-2H3. The molecule has 0 radical (unpaired) electrons. The predicted molar refractivity (Wildman–Crippen MR) is 79.3 cm³/mol. The predicted octanol–water partition coefficient (Wildman–Crippen LogP) is 4.62. The fourth-order valence-corrected chi connectivity index (χ4v) is 9.90. The van der Waals surface area contributed by atoms with Gasteiger partial charge in [0.05, 0.1) is 6.61 Å². The summed E-state index contributed by atoms with van der Waals surface area (Å²) in [5.74, 6) is 0. The van der Waals surface area contributed by atoms with Gasteiger partial charge in [-0.25, -0.2) is 0 Å². The van der Waals surface area contributed by atoms with Gasteiger partial charge in [-0.3, -0.25) is 0 Å². The molecule has 0 aromatic carbocycles. The average Bonchev–Trinajstić information content (AvgIpc) is 2.66. The highest BCUT2D eigenvalue weighted by molar-refractivity contribution is 7.63. The third kappa shape index (κ3) is 1.58. The molecule has 1 N–H and O–H groups in total. The van der Waals surface area contributed by atoms with E-state index in [4.69, 9.17) is 0 Å². The van der Waals surface area contributed by atoms with E-state index >= 15 is 0 Å². The quantitative estimate of drug-likeness (QED) is 0.732. The van der Waals surface area contributed by atoms with Crippen molar-refractivity contribution in [3.63, 3.8) is 0 Å². The van der Waals surface area contributed by atoms with E-state index in [-0.39, 0.29) is 13.3 Å². The van der Waals surface area contributed by atoms with Crippen LogP contribution in [-0.4, -0.2) is 28.2 Å². The van der Waals surface area contributed by atoms with Crippen molar-refractivity contribution >= 4 is 7.92 Å². The van der Waals surface area contributed by atoms with E-state index in [1.165, 1.54) is 31.8 Å². The van der Waals surface area contributed by atoms with Crippen LogP contribution in [0.2, 0.25) is 0 Å². The summed E-state index contributed by atoms with van der Waals surface area (Å²) in [7, 11) is 0.122. The topological polar surface area (TPSA) is 20.2 Å². The largest absolute Gasteiger partial charge is 0.396 e. The zero-order chi connectivity index (χ0) is 13.3. The van der Waals surface area contributed by atoms with Crippen molar-refractivity contribution in [2.45, 2.75) is 77.5 Å². The van der Waals surface area contributed by atoms with Gasteiger partial charge in [-0.1, -0.05) is 55.9 Å². The van der Waals surface area contributed by atoms with Crippen LogP contribution in [0.1, 0.15) is 67.2 Å². The highest BCUT2D eigenvalue weighted by Crippen LogP contribution is 2.87. The Hall–Kier alpha value is 0.390. The number of hydrogen-bond acceptors (Lipinski definition) is 1. The molecule has 0 amide bonds. The molecule has 4 atom stereocenters. The Morgan fingerprint density at radius 2 is 1.71 bits per heavy atom. The van der Waals surface area contributed by atoms with E-state index in [1.807, 2.05) is 13.8 Å². The van der Waals surface area contributed by atoms with E-state index < -0.39 is 0 Å². The molecule has 2 aliphatic rings. The lowest BCUT2D eigenvalue weighted by Gasteiger charge is -2.72. The van der Waals surface area contributed by atoms with E-state index in [0.29, 0.717) is 16.9 Å². The Kier molecular flexibility index (Phi) is 4.70. The molecule has 1 aliphatic carbocycles. The van der Waals surface area contributed by atoms with Crippen molar-refractivity contribution in [3.8, 4) is 0 Å². The number of fused-ring (bicyclic) bond motifs is 1. The molecule has 0 aromatic heterocycles. The first kappa shape index (κ1) is 15.4. The second-order valence-corrected chi connectivity index (χ2v) is 9.20. The number of aliphatic hydroxyl groups is 1. The monoisotopic (exact) mass is 258 g/mol. The van der Waals surface area contributed by atoms with Crippen molar-refractivity contribution in [1.29, 1.82) is 0 Å². The van der Waals surface area contributed by atoms with Gasteiger partial charge in [0.15, 0.2) is 0 Å². The van der Waals surface area contributed by atoms with Crippen molar-refractivity contribution in [3.05, 3.63) is 0 Å². The maximum atomic E-state index is 9.90. The van der Waals surface area contributed by atoms with Gasteiger partial charge in [0.25, 0.3) is 0 Å². The maximum absolute atomic E-state index is 9.90. The third-order valence-corrected chi connectivity index (χ3v) is 10.2. The van der Waals surface area contributed by atoms with Crippen LogP contribution in [0, 0.1) is 5.41 Å². The van der Waals surface area contributed by atoms with Crippen molar-refractivity contribution in [2.75, 3.05) is 12.8 Å². The summed E-state index contributed by atoms with van der Waals surface area (Å²) >= 11 is 0. The summed E-state index contributed by atoms with van der Waals surface area (Å²) in [6.45, 7) is 14.0. The van der Waals surface area contributed by atoms with Crippen LogP contribution in [-0.2, 0) is 0 Å². The molecule has 1 aliphatic heterocycles. The van der Waals surface area contributed by atoms with Crippen LogP contribution in [0.4, 0.5) is 0 Å². The molecule has 1 saturated heterocycles. The molecule has 102 valence electrons. The molecule has 1 nitrogen and oxygen atoms in total.